The van der Waals surface area contributed by atoms with Crippen molar-refractivity contribution in [2.75, 3.05) is 18.4 Å². The number of nitrogens with zero attached hydrogens (tertiary/aromatic N) is 1. The fourth-order valence-corrected chi connectivity index (χ4v) is 5.50. The number of carboxylic acids is 1. The zero-order valence-corrected chi connectivity index (χ0v) is 22.5. The second-order valence-electron chi connectivity index (χ2n) is 8.89. The van der Waals surface area contributed by atoms with Gasteiger partial charge in [-0.2, -0.15) is 17.5 Å². The molecule has 11 nitrogen and oxygen atoms in total. The van der Waals surface area contributed by atoms with Gasteiger partial charge in [-0.1, -0.05) is 13.5 Å². The summed E-state index contributed by atoms with van der Waals surface area (Å²) < 4.78 is 67.9. The van der Waals surface area contributed by atoms with Crippen molar-refractivity contribution in [2.24, 2.45) is 5.73 Å². The number of aliphatic carboxylic acids is 1. The van der Waals surface area contributed by atoms with Crippen molar-refractivity contribution in [1.29, 1.82) is 5.41 Å². The maximum absolute atomic E-state index is 13.8. The molecule has 1 heterocycles. The Hall–Kier alpha value is -3.98. The first-order valence-corrected chi connectivity index (χ1v) is 13.4. The number of rotatable bonds is 8. The predicted octanol–water partition coefficient (Wildman–Crippen LogP) is 3.71. The highest BCUT2D eigenvalue weighted by Crippen LogP contribution is 2.37. The highest BCUT2D eigenvalue weighted by atomic mass is 32.2. The number of nitrogens with two attached hydrogens (primary N) is 1. The average Bonchev–Trinajstić information content (AvgIpc) is 3.39. The Kier molecular flexibility index (Phi) is 12.5. The van der Waals surface area contributed by atoms with Crippen LogP contribution >= 0.6 is 0 Å². The van der Waals surface area contributed by atoms with E-state index in [-0.39, 0.29) is 31.9 Å². The van der Waals surface area contributed by atoms with Gasteiger partial charge < -0.3 is 21.5 Å². The Bertz CT molecular complexity index is 1350. The predicted molar refractivity (Wildman–Crippen MR) is 147 cm³/mol. The molecule has 0 spiro atoms. The third kappa shape index (κ3) is 10.2. The zero-order valence-electron chi connectivity index (χ0n) is 21.7. The number of anilines is 1. The lowest BCUT2D eigenvalue weighted by molar-refractivity contribution is -0.140. The summed E-state index contributed by atoms with van der Waals surface area (Å²) in [5.41, 5.74) is 4.92. The number of carboxylic acid groups (broad SMARTS) is 1. The summed E-state index contributed by atoms with van der Waals surface area (Å²) in [7, 11) is -4.32. The van der Waals surface area contributed by atoms with Crippen LogP contribution in [0.5, 0.6) is 0 Å². The number of benzene rings is 2. The molecule has 0 radical (unpaired) electrons. The third-order valence-electron chi connectivity index (χ3n) is 5.67. The van der Waals surface area contributed by atoms with Crippen molar-refractivity contribution < 1.29 is 41.1 Å². The van der Waals surface area contributed by atoms with E-state index < -0.39 is 56.9 Å². The van der Waals surface area contributed by atoms with Crippen LogP contribution in [0.25, 0.3) is 0 Å². The topological polar surface area (TPSA) is 183 Å². The number of nitrogen functional groups attached to an aromatic ring is 1. The lowest BCUT2D eigenvalue weighted by Crippen LogP contribution is -2.31. The van der Waals surface area contributed by atoms with E-state index in [1.807, 2.05) is 0 Å². The Morgan fingerprint density at radius 2 is 1.61 bits per heavy atom. The molecule has 41 heavy (non-hydrogen) atoms. The molecule has 1 aliphatic rings. The van der Waals surface area contributed by atoms with Gasteiger partial charge in [-0.15, -0.1) is 0 Å². The normalized spacial score (nSPS) is 14.1. The highest BCUT2D eigenvalue weighted by molar-refractivity contribution is 7.89. The number of amides is 2. The van der Waals surface area contributed by atoms with E-state index in [2.05, 4.69) is 10.6 Å². The molecule has 0 saturated carbocycles. The lowest BCUT2D eigenvalue weighted by Gasteiger charge is -2.21. The first kappa shape index (κ1) is 35.0. The van der Waals surface area contributed by atoms with E-state index in [1.165, 1.54) is 37.3 Å². The van der Waals surface area contributed by atoms with Crippen LogP contribution in [-0.4, -0.2) is 54.5 Å². The molecule has 2 amide bonds. The number of hydrogen-bond acceptors (Lipinski definition) is 6. The van der Waals surface area contributed by atoms with Crippen molar-refractivity contribution in [3.05, 3.63) is 59.2 Å². The molecule has 6 N–H and O–H groups in total. The van der Waals surface area contributed by atoms with Crippen molar-refractivity contribution in [1.82, 2.24) is 9.62 Å². The highest BCUT2D eigenvalue weighted by Gasteiger charge is 2.40. The van der Waals surface area contributed by atoms with E-state index in [1.54, 1.807) is 0 Å². The summed E-state index contributed by atoms with van der Waals surface area (Å²) in [6, 6.07) is 7.97. The minimum Gasteiger partial charge on any atom is -0.481 e. The van der Waals surface area contributed by atoms with Crippen LogP contribution in [0, 0.1) is 5.41 Å². The van der Waals surface area contributed by atoms with Crippen LogP contribution in [0.3, 0.4) is 0 Å². The first-order chi connectivity index (χ1) is 18.5. The minimum atomic E-state index is -4.93. The standard InChI is InChI=1S/C23H26F3N5O4S.C2H4O2.CH4/c1-14(29-20(32)13-21(33)30-17-7-4-15(5-8-17)22(27)28)16-6-9-19(18(12-16)23(24,25)26)36(34,35)31-10-2-3-11-31;1-2(3)4;/h4-9,12,14H,2-3,10-11,13H2,1H3,(H3,27,28)(H,29,32)(H,30,33);1H3,(H,3,4);1H4/t14-;;/m0../s1. The molecule has 0 bridgehead atoms. The maximum atomic E-state index is 13.8. The second kappa shape index (κ2) is 14.6. The van der Waals surface area contributed by atoms with Gasteiger partial charge in [-0.25, -0.2) is 8.42 Å². The summed E-state index contributed by atoms with van der Waals surface area (Å²) in [5.74, 6) is -2.36. The molecule has 0 unspecified atom stereocenters. The Morgan fingerprint density at radius 1 is 1.07 bits per heavy atom. The number of nitrogens with one attached hydrogen (secondary N) is 3. The molecule has 226 valence electrons. The van der Waals surface area contributed by atoms with Crippen LogP contribution in [0.2, 0.25) is 0 Å². The fourth-order valence-electron chi connectivity index (χ4n) is 3.79. The van der Waals surface area contributed by atoms with E-state index in [9.17, 15) is 31.2 Å². The number of sulfonamides is 1. The quantitative estimate of drug-likeness (QED) is 0.174. The molecule has 15 heteroatoms. The zero-order chi connectivity index (χ0) is 30.3. The molecule has 0 aromatic heterocycles. The SMILES string of the molecule is C.CC(=O)O.C[C@H](NC(=O)CC(=O)Nc1ccc(C(=N)N)cc1)c1ccc(S(=O)(=O)N2CCCC2)c(C(F)(F)F)c1. The largest absolute Gasteiger partial charge is 0.481 e. The van der Waals surface area contributed by atoms with Gasteiger partial charge >= 0.3 is 6.18 Å². The molecule has 1 aliphatic heterocycles. The summed E-state index contributed by atoms with van der Waals surface area (Å²) in [6.07, 6.45) is -4.36. The monoisotopic (exact) mass is 601 g/mol. The summed E-state index contributed by atoms with van der Waals surface area (Å²) >= 11 is 0. The number of halogens is 3. The smallest absolute Gasteiger partial charge is 0.417 e. The van der Waals surface area contributed by atoms with Crippen LogP contribution in [-0.2, 0) is 30.6 Å². The molecule has 2 aromatic carbocycles. The van der Waals surface area contributed by atoms with Gasteiger partial charge in [-0.05, 0) is 61.7 Å². The van der Waals surface area contributed by atoms with Gasteiger partial charge in [0, 0.05) is 31.3 Å². The summed E-state index contributed by atoms with van der Waals surface area (Å²) in [5, 5.41) is 19.7. The number of amidine groups is 1. The molecule has 2 aromatic rings. The molecular formula is C26H34F3N5O6S. The van der Waals surface area contributed by atoms with Crippen LogP contribution in [0.4, 0.5) is 18.9 Å². The lowest BCUT2D eigenvalue weighted by atomic mass is 10.0. The van der Waals surface area contributed by atoms with Gasteiger partial charge in [-0.3, -0.25) is 19.8 Å². The molecule has 1 atom stereocenters. The van der Waals surface area contributed by atoms with Crippen LogP contribution in [0.1, 0.15) is 63.3 Å². The van der Waals surface area contributed by atoms with Crippen LogP contribution < -0.4 is 16.4 Å². The molecular weight excluding hydrogens is 567 g/mol. The first-order valence-electron chi connectivity index (χ1n) is 12.0. The van der Waals surface area contributed by atoms with Gasteiger partial charge in [0.05, 0.1) is 16.5 Å². The van der Waals surface area contributed by atoms with Crippen molar-refractivity contribution in [2.45, 2.75) is 57.7 Å². The maximum Gasteiger partial charge on any atom is 0.417 e. The average molecular weight is 602 g/mol. The Morgan fingerprint density at radius 3 is 2.10 bits per heavy atom. The van der Waals surface area contributed by atoms with Gasteiger partial charge in [0.2, 0.25) is 21.8 Å². The van der Waals surface area contributed by atoms with Gasteiger partial charge in [0.1, 0.15) is 12.3 Å². The molecule has 0 aliphatic carbocycles. The number of hydrogen-bond donors (Lipinski definition) is 5. The summed E-state index contributed by atoms with van der Waals surface area (Å²) in [4.78, 5) is 32.7. The van der Waals surface area contributed by atoms with Crippen molar-refractivity contribution >= 4 is 39.3 Å². The van der Waals surface area contributed by atoms with E-state index in [0.29, 0.717) is 30.2 Å². The van der Waals surface area contributed by atoms with E-state index in [0.717, 1.165) is 17.3 Å². The number of carbonyl (C=O) groups excluding carboxylic acids is 2. The van der Waals surface area contributed by atoms with Gasteiger partial charge in [0.25, 0.3) is 5.97 Å². The Labute approximate surface area is 236 Å². The molecule has 1 saturated heterocycles. The van der Waals surface area contributed by atoms with Crippen molar-refractivity contribution in [3.8, 4) is 0 Å². The second-order valence-corrected chi connectivity index (χ2v) is 10.8. The fraction of sp³-hybridized carbons (Fsp3) is 0.385. The van der Waals surface area contributed by atoms with E-state index in [4.69, 9.17) is 21.0 Å². The summed E-state index contributed by atoms with van der Waals surface area (Å²) in [6.45, 7) is 2.84. The van der Waals surface area contributed by atoms with Crippen LogP contribution in [0.15, 0.2) is 47.4 Å². The molecule has 3 rings (SSSR count). The number of alkyl halides is 3. The van der Waals surface area contributed by atoms with Crippen molar-refractivity contribution in [3.63, 3.8) is 0 Å². The minimum absolute atomic E-state index is 0. The Balaban J connectivity index is 0.00000157. The van der Waals surface area contributed by atoms with E-state index >= 15 is 0 Å². The third-order valence-corrected chi connectivity index (χ3v) is 7.63. The molecule has 1 fully saturated rings. The number of carbonyl (C=O) groups is 3. The van der Waals surface area contributed by atoms with Gasteiger partial charge in [0.15, 0.2) is 0 Å².